The number of rotatable bonds is 6. The van der Waals surface area contributed by atoms with Crippen molar-refractivity contribution in [2.75, 3.05) is 26.0 Å². The van der Waals surface area contributed by atoms with E-state index in [9.17, 15) is 18.0 Å². The molecule has 0 saturated carbocycles. The normalized spacial score (nSPS) is 11.5. The van der Waals surface area contributed by atoms with Crippen LogP contribution < -0.4 is 5.73 Å². The van der Waals surface area contributed by atoms with Crippen molar-refractivity contribution in [2.45, 2.75) is 19.1 Å². The van der Waals surface area contributed by atoms with Gasteiger partial charge in [-0.05, 0) is 23.8 Å². The summed E-state index contributed by atoms with van der Waals surface area (Å²) in [5, 5.41) is 0.470. The van der Waals surface area contributed by atoms with E-state index in [0.29, 0.717) is 16.3 Å². The van der Waals surface area contributed by atoms with Gasteiger partial charge in [0, 0.05) is 24.3 Å². The second kappa shape index (κ2) is 7.51. The average molecular weight is 325 g/mol. The number of hydrogen-bond acceptors (Lipinski definition) is 3. The summed E-state index contributed by atoms with van der Waals surface area (Å²) < 4.78 is 40.0. The van der Waals surface area contributed by atoms with Crippen molar-refractivity contribution in [3.63, 3.8) is 0 Å². The third-order valence-corrected chi connectivity index (χ3v) is 3.00. The monoisotopic (exact) mass is 324 g/mol. The number of amides is 1. The molecule has 118 valence electrons. The Morgan fingerprint density at radius 1 is 1.43 bits per heavy atom. The molecule has 0 bridgehead atoms. The summed E-state index contributed by atoms with van der Waals surface area (Å²) in [6, 6.07) is 4.90. The maximum absolute atomic E-state index is 11.9. The molecule has 0 aliphatic carbocycles. The van der Waals surface area contributed by atoms with Crippen molar-refractivity contribution in [3.8, 4) is 0 Å². The number of halogens is 4. The van der Waals surface area contributed by atoms with Gasteiger partial charge >= 0.3 is 6.18 Å². The third kappa shape index (κ3) is 6.68. The van der Waals surface area contributed by atoms with Crippen molar-refractivity contribution < 1.29 is 22.7 Å². The molecule has 8 heteroatoms. The molecule has 1 aromatic carbocycles. The summed E-state index contributed by atoms with van der Waals surface area (Å²) in [7, 11) is 1.53. The molecule has 1 aromatic rings. The highest BCUT2D eigenvalue weighted by Crippen LogP contribution is 2.20. The average Bonchev–Trinajstić information content (AvgIpc) is 2.37. The quantitative estimate of drug-likeness (QED) is 0.646. The van der Waals surface area contributed by atoms with E-state index in [1.807, 2.05) is 0 Å². The minimum atomic E-state index is -4.38. The molecular weight excluding hydrogens is 309 g/mol. The summed E-state index contributed by atoms with van der Waals surface area (Å²) in [6.45, 7) is -1.42. The predicted molar refractivity (Wildman–Crippen MR) is 73.8 cm³/mol. The fourth-order valence-electron chi connectivity index (χ4n) is 1.60. The van der Waals surface area contributed by atoms with E-state index in [0.717, 1.165) is 0 Å². The summed E-state index contributed by atoms with van der Waals surface area (Å²) >= 11 is 5.98. The Hall–Kier alpha value is -1.47. The Morgan fingerprint density at radius 3 is 2.71 bits per heavy atom. The first-order valence-corrected chi connectivity index (χ1v) is 6.49. The lowest BCUT2D eigenvalue weighted by atomic mass is 10.2. The molecule has 1 amide bonds. The Labute approximate surface area is 125 Å². The lowest BCUT2D eigenvalue weighted by Gasteiger charge is -2.18. The van der Waals surface area contributed by atoms with Gasteiger partial charge in [-0.2, -0.15) is 13.2 Å². The first-order chi connectivity index (χ1) is 9.69. The summed E-state index contributed by atoms with van der Waals surface area (Å²) in [4.78, 5) is 13.1. The van der Waals surface area contributed by atoms with Crippen molar-refractivity contribution in [1.29, 1.82) is 0 Å². The molecule has 0 unspecified atom stereocenters. The van der Waals surface area contributed by atoms with Crippen LogP contribution in [-0.4, -0.2) is 37.2 Å². The lowest BCUT2D eigenvalue weighted by Crippen LogP contribution is -2.28. The van der Waals surface area contributed by atoms with Crippen molar-refractivity contribution in [3.05, 3.63) is 28.8 Å². The van der Waals surface area contributed by atoms with E-state index >= 15 is 0 Å². The topological polar surface area (TPSA) is 55.6 Å². The summed E-state index contributed by atoms with van der Waals surface area (Å²) in [6.07, 6.45) is -4.52. The van der Waals surface area contributed by atoms with Gasteiger partial charge in [0.15, 0.2) is 0 Å². The number of alkyl halides is 3. The Bertz CT molecular complexity index is 495. The minimum absolute atomic E-state index is 0.132. The minimum Gasteiger partial charge on any atom is -0.399 e. The molecule has 0 spiro atoms. The smallest absolute Gasteiger partial charge is 0.399 e. The maximum Gasteiger partial charge on any atom is 0.411 e. The van der Waals surface area contributed by atoms with Crippen LogP contribution in [0.3, 0.4) is 0 Å². The SMILES string of the molecule is CN(Cc1cc(N)ccc1Cl)C(=O)CCOCC(F)(F)F. The first kappa shape index (κ1) is 17.6. The van der Waals surface area contributed by atoms with Gasteiger partial charge in [0.2, 0.25) is 5.91 Å². The van der Waals surface area contributed by atoms with E-state index in [4.69, 9.17) is 17.3 Å². The van der Waals surface area contributed by atoms with E-state index < -0.39 is 12.8 Å². The fourth-order valence-corrected chi connectivity index (χ4v) is 1.78. The molecule has 0 aliphatic heterocycles. The van der Waals surface area contributed by atoms with Crippen LogP contribution in [0.2, 0.25) is 5.02 Å². The van der Waals surface area contributed by atoms with Crippen LogP contribution in [-0.2, 0) is 16.1 Å². The van der Waals surface area contributed by atoms with Gasteiger partial charge in [-0.3, -0.25) is 4.79 Å². The number of nitrogens with two attached hydrogens (primary N) is 1. The van der Waals surface area contributed by atoms with Crippen LogP contribution in [0.4, 0.5) is 18.9 Å². The maximum atomic E-state index is 11.9. The molecule has 0 atom stereocenters. The van der Waals surface area contributed by atoms with Crippen LogP contribution in [0.15, 0.2) is 18.2 Å². The van der Waals surface area contributed by atoms with Crippen LogP contribution in [0, 0.1) is 0 Å². The van der Waals surface area contributed by atoms with Crippen molar-refractivity contribution in [2.24, 2.45) is 0 Å². The highest BCUT2D eigenvalue weighted by atomic mass is 35.5. The number of ether oxygens (including phenoxy) is 1. The van der Waals surface area contributed by atoms with E-state index in [1.54, 1.807) is 18.2 Å². The molecule has 0 heterocycles. The molecule has 2 N–H and O–H groups in total. The van der Waals surface area contributed by atoms with Crippen molar-refractivity contribution >= 4 is 23.2 Å². The molecule has 0 aromatic heterocycles. The second-order valence-corrected chi connectivity index (χ2v) is 4.93. The zero-order chi connectivity index (χ0) is 16.0. The largest absolute Gasteiger partial charge is 0.411 e. The zero-order valence-electron chi connectivity index (χ0n) is 11.4. The van der Waals surface area contributed by atoms with Crippen molar-refractivity contribution in [1.82, 2.24) is 4.90 Å². The van der Waals surface area contributed by atoms with Gasteiger partial charge in [0.25, 0.3) is 0 Å². The van der Waals surface area contributed by atoms with Crippen LogP contribution in [0.5, 0.6) is 0 Å². The number of carbonyl (C=O) groups excluding carboxylic acids is 1. The highest BCUT2D eigenvalue weighted by Gasteiger charge is 2.27. The van der Waals surface area contributed by atoms with Gasteiger partial charge in [-0.15, -0.1) is 0 Å². The molecular formula is C13H16ClF3N2O2. The number of anilines is 1. The van der Waals surface area contributed by atoms with Gasteiger partial charge in [-0.25, -0.2) is 0 Å². The standard InChI is InChI=1S/C13H16ClF3N2O2/c1-19(7-9-6-10(18)2-3-11(9)14)12(20)4-5-21-8-13(15,16)17/h2-3,6H,4-5,7-8,18H2,1H3. The third-order valence-electron chi connectivity index (χ3n) is 2.63. The second-order valence-electron chi connectivity index (χ2n) is 4.52. The Kier molecular flexibility index (Phi) is 6.29. The number of benzene rings is 1. The van der Waals surface area contributed by atoms with Gasteiger partial charge in [-0.1, -0.05) is 11.6 Å². The van der Waals surface area contributed by atoms with Crippen LogP contribution >= 0.6 is 11.6 Å². The van der Waals surface area contributed by atoms with Crippen LogP contribution in [0.25, 0.3) is 0 Å². The fraction of sp³-hybridized carbons (Fsp3) is 0.462. The van der Waals surface area contributed by atoms with Gasteiger partial charge in [0.05, 0.1) is 13.0 Å². The van der Waals surface area contributed by atoms with Crippen LogP contribution in [0.1, 0.15) is 12.0 Å². The molecule has 21 heavy (non-hydrogen) atoms. The molecule has 0 radical (unpaired) electrons. The molecule has 0 aliphatic rings. The summed E-state index contributed by atoms with van der Waals surface area (Å²) in [5.41, 5.74) is 6.82. The van der Waals surface area contributed by atoms with Gasteiger partial charge < -0.3 is 15.4 Å². The summed E-state index contributed by atoms with van der Waals surface area (Å²) in [5.74, 6) is -0.337. The number of carbonyl (C=O) groups is 1. The number of nitrogens with zero attached hydrogens (tertiary/aromatic N) is 1. The van der Waals surface area contributed by atoms with E-state index in [-0.39, 0.29) is 25.5 Å². The molecule has 0 saturated heterocycles. The Balaban J connectivity index is 2.42. The predicted octanol–water partition coefficient (Wildman–Crippen LogP) is 2.85. The number of hydrogen-bond donors (Lipinski definition) is 1. The first-order valence-electron chi connectivity index (χ1n) is 6.11. The van der Waals surface area contributed by atoms with Gasteiger partial charge in [0.1, 0.15) is 6.61 Å². The zero-order valence-corrected chi connectivity index (χ0v) is 12.2. The number of nitrogen functional groups attached to an aromatic ring is 1. The lowest BCUT2D eigenvalue weighted by molar-refractivity contribution is -0.175. The van der Waals surface area contributed by atoms with E-state index in [2.05, 4.69) is 4.74 Å². The molecule has 0 fully saturated rings. The highest BCUT2D eigenvalue weighted by molar-refractivity contribution is 6.31. The molecule has 1 rings (SSSR count). The van der Waals surface area contributed by atoms with E-state index in [1.165, 1.54) is 11.9 Å². The Morgan fingerprint density at radius 2 is 2.10 bits per heavy atom. The molecule has 4 nitrogen and oxygen atoms in total.